The van der Waals surface area contributed by atoms with Gasteiger partial charge in [-0.1, -0.05) is 23.2 Å². The lowest BCUT2D eigenvalue weighted by molar-refractivity contribution is 0.0694. The molecule has 1 aromatic heterocycles. The lowest BCUT2D eigenvalue weighted by atomic mass is 10.2. The second-order valence-corrected chi connectivity index (χ2v) is 5.14. The van der Waals surface area contributed by atoms with Crippen LogP contribution in [0.15, 0.2) is 28.7 Å². The number of furan rings is 1. The Hall–Kier alpha value is -1.98. The van der Waals surface area contributed by atoms with Crippen LogP contribution >= 0.6 is 23.2 Å². The first kappa shape index (κ1) is 15.4. The minimum absolute atomic E-state index is 0.0614. The molecule has 5 nitrogen and oxygen atoms in total. The second-order valence-electron chi connectivity index (χ2n) is 4.29. The van der Waals surface area contributed by atoms with E-state index in [1.165, 1.54) is 18.2 Å². The third-order valence-corrected chi connectivity index (χ3v) is 3.35. The Morgan fingerprint density at radius 1 is 1.24 bits per heavy atom. The average Bonchev–Trinajstić information content (AvgIpc) is 2.77. The zero-order valence-electron chi connectivity index (χ0n) is 10.9. The molecule has 2 N–H and O–H groups in total. The number of carboxylic acids is 1. The van der Waals surface area contributed by atoms with Gasteiger partial charge in [0.05, 0.1) is 17.1 Å². The summed E-state index contributed by atoms with van der Waals surface area (Å²) in [4.78, 5) is 22.9. The maximum Gasteiger partial charge on any atom is 0.339 e. The van der Waals surface area contributed by atoms with E-state index in [0.29, 0.717) is 10.8 Å². The van der Waals surface area contributed by atoms with Crippen LogP contribution in [0.2, 0.25) is 10.0 Å². The molecule has 0 bridgehead atoms. The van der Waals surface area contributed by atoms with Crippen molar-refractivity contribution in [3.8, 4) is 0 Å². The minimum atomic E-state index is -1.07. The molecule has 1 aromatic carbocycles. The lowest BCUT2D eigenvalue weighted by Crippen LogP contribution is -2.22. The Balaban J connectivity index is 2.07. The number of amides is 1. The fraction of sp³-hybridized carbons (Fsp3) is 0.143. The van der Waals surface area contributed by atoms with Crippen molar-refractivity contribution in [2.75, 3.05) is 0 Å². The normalized spacial score (nSPS) is 10.4. The first-order valence-corrected chi connectivity index (χ1v) is 6.70. The summed E-state index contributed by atoms with van der Waals surface area (Å²) in [5, 5.41) is 12.2. The molecule has 1 amide bonds. The van der Waals surface area contributed by atoms with Crippen LogP contribution in [0, 0.1) is 6.92 Å². The second kappa shape index (κ2) is 6.20. The molecule has 2 rings (SSSR count). The maximum absolute atomic E-state index is 12.0. The van der Waals surface area contributed by atoms with Crippen molar-refractivity contribution in [3.63, 3.8) is 0 Å². The summed E-state index contributed by atoms with van der Waals surface area (Å²) in [5.41, 5.74) is 0.353. The number of aryl methyl sites for hydroxylation is 1. The van der Waals surface area contributed by atoms with Gasteiger partial charge in [0.25, 0.3) is 5.91 Å². The number of halogens is 2. The van der Waals surface area contributed by atoms with Crippen molar-refractivity contribution in [2.24, 2.45) is 0 Å². The highest BCUT2D eigenvalue weighted by molar-refractivity contribution is 6.36. The highest BCUT2D eigenvalue weighted by Crippen LogP contribution is 2.21. The quantitative estimate of drug-likeness (QED) is 0.900. The number of hydrogen-bond acceptors (Lipinski definition) is 3. The standard InChI is InChI=1S/C14H11Cl2NO4/c1-7-11(14(19)20)5-9(21-7)6-17-13(18)10-3-2-8(15)4-12(10)16/h2-5H,6H2,1H3,(H,17,18)(H,19,20). The molecule has 0 aliphatic heterocycles. The van der Waals surface area contributed by atoms with Gasteiger partial charge in [0.2, 0.25) is 0 Å². The maximum atomic E-state index is 12.0. The van der Waals surface area contributed by atoms with E-state index in [4.69, 9.17) is 32.7 Å². The molecule has 0 radical (unpaired) electrons. The molecule has 0 aliphatic rings. The van der Waals surface area contributed by atoms with Gasteiger partial charge in [-0.15, -0.1) is 0 Å². The number of carbonyl (C=O) groups is 2. The summed E-state index contributed by atoms with van der Waals surface area (Å²) in [6, 6.07) is 5.91. The van der Waals surface area contributed by atoms with Crippen LogP contribution in [0.5, 0.6) is 0 Å². The number of rotatable bonds is 4. The largest absolute Gasteiger partial charge is 0.478 e. The lowest BCUT2D eigenvalue weighted by Gasteiger charge is -2.05. The zero-order chi connectivity index (χ0) is 15.6. The molecule has 1 heterocycles. The smallest absolute Gasteiger partial charge is 0.339 e. The van der Waals surface area contributed by atoms with Crippen molar-refractivity contribution in [3.05, 3.63) is 57.0 Å². The summed E-state index contributed by atoms with van der Waals surface area (Å²) >= 11 is 11.7. The molecule has 2 aromatic rings. The molecule has 0 saturated carbocycles. The summed E-state index contributed by atoms with van der Waals surface area (Å²) in [6.07, 6.45) is 0. The molecule has 0 aliphatic carbocycles. The fourth-order valence-electron chi connectivity index (χ4n) is 1.78. The van der Waals surface area contributed by atoms with Crippen molar-refractivity contribution in [1.29, 1.82) is 0 Å². The Morgan fingerprint density at radius 3 is 2.52 bits per heavy atom. The van der Waals surface area contributed by atoms with Gasteiger partial charge in [-0.3, -0.25) is 4.79 Å². The number of aromatic carboxylic acids is 1. The van der Waals surface area contributed by atoms with Crippen molar-refractivity contribution >= 4 is 35.1 Å². The highest BCUT2D eigenvalue weighted by Gasteiger charge is 2.15. The number of hydrogen-bond donors (Lipinski definition) is 2. The monoisotopic (exact) mass is 327 g/mol. The Labute approximate surface area is 130 Å². The number of carboxylic acid groups (broad SMARTS) is 1. The van der Waals surface area contributed by atoms with Gasteiger partial charge in [-0.25, -0.2) is 4.79 Å². The van der Waals surface area contributed by atoms with Crippen LogP contribution in [-0.2, 0) is 6.54 Å². The number of carbonyl (C=O) groups excluding carboxylic acids is 1. The molecule has 0 spiro atoms. The molecule has 110 valence electrons. The first-order valence-electron chi connectivity index (χ1n) is 5.94. The van der Waals surface area contributed by atoms with E-state index in [9.17, 15) is 9.59 Å². The van der Waals surface area contributed by atoms with Crippen LogP contribution in [0.25, 0.3) is 0 Å². The molecule has 21 heavy (non-hydrogen) atoms. The third-order valence-electron chi connectivity index (χ3n) is 2.80. The van der Waals surface area contributed by atoms with Crippen LogP contribution < -0.4 is 5.32 Å². The Bertz CT molecular complexity index is 709. The summed E-state index contributed by atoms with van der Waals surface area (Å²) in [7, 11) is 0. The van der Waals surface area contributed by atoms with Crippen molar-refractivity contribution in [2.45, 2.75) is 13.5 Å². The predicted octanol–water partition coefficient (Wildman–Crippen LogP) is 3.52. The Morgan fingerprint density at radius 2 is 1.95 bits per heavy atom. The van der Waals surface area contributed by atoms with Crippen LogP contribution in [0.1, 0.15) is 32.2 Å². The van der Waals surface area contributed by atoms with Gasteiger partial charge in [-0.2, -0.15) is 0 Å². The number of nitrogens with one attached hydrogen (secondary N) is 1. The van der Waals surface area contributed by atoms with Gasteiger partial charge < -0.3 is 14.8 Å². The molecule has 0 saturated heterocycles. The van der Waals surface area contributed by atoms with E-state index >= 15 is 0 Å². The first-order chi connectivity index (χ1) is 9.88. The molecule has 0 unspecified atom stereocenters. The SMILES string of the molecule is Cc1oc(CNC(=O)c2ccc(Cl)cc2Cl)cc1C(=O)O. The number of benzene rings is 1. The molecule has 0 atom stereocenters. The molecule has 7 heteroatoms. The molecular weight excluding hydrogens is 317 g/mol. The van der Waals surface area contributed by atoms with Crippen LogP contribution in [0.3, 0.4) is 0 Å². The summed E-state index contributed by atoms with van der Waals surface area (Å²) in [6.45, 7) is 1.61. The molecule has 0 fully saturated rings. The topological polar surface area (TPSA) is 79.5 Å². The van der Waals surface area contributed by atoms with Gasteiger partial charge in [0.15, 0.2) is 0 Å². The van der Waals surface area contributed by atoms with E-state index in [-0.39, 0.29) is 28.5 Å². The van der Waals surface area contributed by atoms with Crippen molar-refractivity contribution < 1.29 is 19.1 Å². The van der Waals surface area contributed by atoms with Crippen molar-refractivity contribution in [1.82, 2.24) is 5.32 Å². The van der Waals surface area contributed by atoms with E-state index < -0.39 is 11.9 Å². The van der Waals surface area contributed by atoms with Gasteiger partial charge in [0.1, 0.15) is 17.1 Å². The highest BCUT2D eigenvalue weighted by atomic mass is 35.5. The summed E-state index contributed by atoms with van der Waals surface area (Å²) in [5.74, 6) is -0.836. The summed E-state index contributed by atoms with van der Waals surface area (Å²) < 4.78 is 5.26. The van der Waals surface area contributed by atoms with E-state index in [0.717, 1.165) is 0 Å². The fourth-order valence-corrected chi connectivity index (χ4v) is 2.27. The third kappa shape index (κ3) is 3.56. The van der Waals surface area contributed by atoms with Crippen LogP contribution in [-0.4, -0.2) is 17.0 Å². The van der Waals surface area contributed by atoms with Gasteiger partial charge in [-0.05, 0) is 31.2 Å². The average molecular weight is 328 g/mol. The van der Waals surface area contributed by atoms with E-state index in [1.54, 1.807) is 13.0 Å². The van der Waals surface area contributed by atoms with Crippen LogP contribution in [0.4, 0.5) is 0 Å². The van der Waals surface area contributed by atoms with Gasteiger partial charge in [0, 0.05) is 5.02 Å². The van der Waals surface area contributed by atoms with E-state index in [2.05, 4.69) is 5.32 Å². The molecular formula is C14H11Cl2NO4. The zero-order valence-corrected chi connectivity index (χ0v) is 12.5. The Kier molecular flexibility index (Phi) is 4.55. The predicted molar refractivity (Wildman–Crippen MR) is 78.0 cm³/mol. The van der Waals surface area contributed by atoms with Gasteiger partial charge >= 0.3 is 5.97 Å². The van der Waals surface area contributed by atoms with E-state index in [1.807, 2.05) is 0 Å². The minimum Gasteiger partial charge on any atom is -0.478 e.